The SMILES string of the molecule is CC.CCCC(=O)NC. The van der Waals surface area contributed by atoms with E-state index in [1.54, 1.807) is 7.05 Å². The topological polar surface area (TPSA) is 29.1 Å². The van der Waals surface area contributed by atoms with E-state index in [0.29, 0.717) is 6.42 Å². The van der Waals surface area contributed by atoms with Crippen molar-refractivity contribution in [2.24, 2.45) is 0 Å². The minimum Gasteiger partial charge on any atom is -0.359 e. The Hall–Kier alpha value is -0.530. The number of amides is 1. The zero-order valence-corrected chi connectivity index (χ0v) is 6.82. The zero-order valence-electron chi connectivity index (χ0n) is 6.82. The maximum atomic E-state index is 10.3. The number of hydrogen-bond donors (Lipinski definition) is 1. The summed E-state index contributed by atoms with van der Waals surface area (Å²) in [5.74, 6) is 0.127. The van der Waals surface area contributed by atoms with E-state index in [1.807, 2.05) is 20.8 Å². The smallest absolute Gasteiger partial charge is 0.219 e. The van der Waals surface area contributed by atoms with E-state index in [-0.39, 0.29) is 5.91 Å². The second kappa shape index (κ2) is 10.5. The molecule has 2 nitrogen and oxygen atoms in total. The maximum absolute atomic E-state index is 10.3. The molecular weight excluding hydrogens is 114 g/mol. The highest BCUT2D eigenvalue weighted by Gasteiger charge is 1.89. The third-order valence-corrected chi connectivity index (χ3v) is 0.756. The zero-order chi connectivity index (χ0) is 7.70. The van der Waals surface area contributed by atoms with Crippen LogP contribution in [0.1, 0.15) is 33.6 Å². The van der Waals surface area contributed by atoms with E-state index in [0.717, 1.165) is 6.42 Å². The Morgan fingerprint density at radius 1 is 1.44 bits per heavy atom. The first kappa shape index (κ1) is 11.3. The van der Waals surface area contributed by atoms with Crippen LogP contribution >= 0.6 is 0 Å². The van der Waals surface area contributed by atoms with Gasteiger partial charge in [-0.2, -0.15) is 0 Å². The first-order valence-electron chi connectivity index (χ1n) is 3.51. The van der Waals surface area contributed by atoms with Crippen LogP contribution in [-0.2, 0) is 4.79 Å². The molecule has 0 aromatic carbocycles. The van der Waals surface area contributed by atoms with Crippen LogP contribution in [0.4, 0.5) is 0 Å². The summed E-state index contributed by atoms with van der Waals surface area (Å²) < 4.78 is 0. The fourth-order valence-electron chi connectivity index (χ4n) is 0.352. The van der Waals surface area contributed by atoms with Crippen LogP contribution in [0.3, 0.4) is 0 Å². The van der Waals surface area contributed by atoms with Gasteiger partial charge >= 0.3 is 0 Å². The Bertz CT molecular complexity index is 61.9. The van der Waals surface area contributed by atoms with Gasteiger partial charge in [0.15, 0.2) is 0 Å². The molecule has 0 aliphatic rings. The van der Waals surface area contributed by atoms with Crippen molar-refractivity contribution in [1.82, 2.24) is 5.32 Å². The standard InChI is InChI=1S/C5H11NO.C2H6/c1-3-4-5(7)6-2;1-2/h3-4H2,1-2H3,(H,6,7);1-2H3. The summed E-state index contributed by atoms with van der Waals surface area (Å²) in [6.07, 6.45) is 1.58. The van der Waals surface area contributed by atoms with Gasteiger partial charge in [-0.25, -0.2) is 0 Å². The third kappa shape index (κ3) is 11.2. The van der Waals surface area contributed by atoms with Crippen molar-refractivity contribution in [3.8, 4) is 0 Å². The van der Waals surface area contributed by atoms with E-state index < -0.39 is 0 Å². The summed E-state index contributed by atoms with van der Waals surface area (Å²) in [6, 6.07) is 0. The van der Waals surface area contributed by atoms with Crippen LogP contribution in [0.2, 0.25) is 0 Å². The average Bonchev–Trinajstić information content (AvgIpc) is 1.93. The fourth-order valence-corrected chi connectivity index (χ4v) is 0.352. The van der Waals surface area contributed by atoms with Crippen molar-refractivity contribution in [2.45, 2.75) is 33.6 Å². The summed E-state index contributed by atoms with van der Waals surface area (Å²) in [5, 5.41) is 2.53. The van der Waals surface area contributed by atoms with Gasteiger partial charge in [-0.05, 0) is 6.42 Å². The lowest BCUT2D eigenvalue weighted by Gasteiger charge is -1.91. The van der Waals surface area contributed by atoms with Crippen molar-refractivity contribution in [3.63, 3.8) is 0 Å². The Labute approximate surface area is 57.6 Å². The quantitative estimate of drug-likeness (QED) is 0.605. The van der Waals surface area contributed by atoms with Crippen LogP contribution in [0.5, 0.6) is 0 Å². The van der Waals surface area contributed by atoms with Crippen LogP contribution in [0.25, 0.3) is 0 Å². The van der Waals surface area contributed by atoms with Gasteiger partial charge in [0.25, 0.3) is 0 Å². The van der Waals surface area contributed by atoms with Crippen molar-refractivity contribution >= 4 is 5.91 Å². The predicted octanol–water partition coefficient (Wildman–Crippen LogP) is 1.56. The summed E-state index contributed by atoms with van der Waals surface area (Å²) in [6.45, 7) is 5.98. The average molecular weight is 131 g/mol. The molecule has 1 amide bonds. The largest absolute Gasteiger partial charge is 0.359 e. The molecule has 56 valence electrons. The molecule has 0 fully saturated rings. The van der Waals surface area contributed by atoms with E-state index >= 15 is 0 Å². The lowest BCUT2D eigenvalue weighted by Crippen LogP contribution is -2.16. The lowest BCUT2D eigenvalue weighted by molar-refractivity contribution is -0.120. The number of hydrogen-bond acceptors (Lipinski definition) is 1. The molecule has 0 atom stereocenters. The number of carbonyl (C=O) groups is 1. The van der Waals surface area contributed by atoms with Gasteiger partial charge in [-0.15, -0.1) is 0 Å². The molecule has 0 aromatic rings. The fraction of sp³-hybridized carbons (Fsp3) is 0.857. The molecule has 0 saturated carbocycles. The summed E-state index contributed by atoms with van der Waals surface area (Å²) in [7, 11) is 1.65. The molecule has 1 N–H and O–H groups in total. The van der Waals surface area contributed by atoms with E-state index in [2.05, 4.69) is 5.32 Å². The molecule has 0 bridgehead atoms. The van der Waals surface area contributed by atoms with Gasteiger partial charge in [0, 0.05) is 13.5 Å². The molecule has 0 aromatic heterocycles. The van der Waals surface area contributed by atoms with Crippen LogP contribution in [-0.4, -0.2) is 13.0 Å². The molecule has 0 aliphatic carbocycles. The highest BCUT2D eigenvalue weighted by atomic mass is 16.1. The molecule has 0 heterocycles. The van der Waals surface area contributed by atoms with Gasteiger partial charge in [-0.3, -0.25) is 4.79 Å². The maximum Gasteiger partial charge on any atom is 0.219 e. The molecule has 0 aliphatic heterocycles. The van der Waals surface area contributed by atoms with Crippen LogP contribution < -0.4 is 5.32 Å². The van der Waals surface area contributed by atoms with E-state index in [9.17, 15) is 4.79 Å². The third-order valence-electron chi connectivity index (χ3n) is 0.756. The first-order chi connectivity index (χ1) is 4.31. The number of nitrogens with one attached hydrogen (secondary N) is 1. The predicted molar refractivity (Wildman–Crippen MR) is 40.3 cm³/mol. The molecule has 0 saturated heterocycles. The monoisotopic (exact) mass is 131 g/mol. The summed E-state index contributed by atoms with van der Waals surface area (Å²) in [4.78, 5) is 10.3. The minimum absolute atomic E-state index is 0.127. The summed E-state index contributed by atoms with van der Waals surface area (Å²) >= 11 is 0. The van der Waals surface area contributed by atoms with Gasteiger partial charge in [0.2, 0.25) is 5.91 Å². The normalized spacial score (nSPS) is 7.11. The lowest BCUT2D eigenvalue weighted by atomic mass is 10.3. The molecular formula is C7H17NO. The molecule has 0 rings (SSSR count). The van der Waals surface area contributed by atoms with E-state index in [4.69, 9.17) is 0 Å². The van der Waals surface area contributed by atoms with Crippen molar-refractivity contribution < 1.29 is 4.79 Å². The molecule has 0 spiro atoms. The van der Waals surface area contributed by atoms with E-state index in [1.165, 1.54) is 0 Å². The Balaban J connectivity index is 0. The molecule has 2 heteroatoms. The van der Waals surface area contributed by atoms with Gasteiger partial charge in [0.1, 0.15) is 0 Å². The van der Waals surface area contributed by atoms with Crippen LogP contribution in [0.15, 0.2) is 0 Å². The Morgan fingerprint density at radius 3 is 2.00 bits per heavy atom. The van der Waals surface area contributed by atoms with Crippen molar-refractivity contribution in [2.75, 3.05) is 7.05 Å². The highest BCUT2D eigenvalue weighted by molar-refractivity contribution is 5.75. The Morgan fingerprint density at radius 2 is 1.89 bits per heavy atom. The van der Waals surface area contributed by atoms with Gasteiger partial charge in [0.05, 0.1) is 0 Å². The summed E-state index contributed by atoms with van der Waals surface area (Å²) in [5.41, 5.74) is 0. The first-order valence-corrected chi connectivity index (χ1v) is 3.51. The second-order valence-electron chi connectivity index (χ2n) is 1.42. The van der Waals surface area contributed by atoms with Crippen molar-refractivity contribution in [3.05, 3.63) is 0 Å². The van der Waals surface area contributed by atoms with Gasteiger partial charge in [-0.1, -0.05) is 20.8 Å². The Kier molecular flexibility index (Phi) is 13.1. The number of carbonyl (C=O) groups excluding carboxylic acids is 1. The molecule has 9 heavy (non-hydrogen) atoms. The number of rotatable bonds is 2. The second-order valence-corrected chi connectivity index (χ2v) is 1.42. The molecule has 0 radical (unpaired) electrons. The van der Waals surface area contributed by atoms with Crippen LogP contribution in [0, 0.1) is 0 Å². The van der Waals surface area contributed by atoms with Gasteiger partial charge < -0.3 is 5.32 Å². The molecule has 0 unspecified atom stereocenters. The highest BCUT2D eigenvalue weighted by Crippen LogP contribution is 1.82. The minimum atomic E-state index is 0.127. The van der Waals surface area contributed by atoms with Crippen molar-refractivity contribution in [1.29, 1.82) is 0 Å².